The first-order chi connectivity index (χ1) is 7.60. The van der Waals surface area contributed by atoms with Crippen LogP contribution in [-0.4, -0.2) is 32.4 Å². The molecule has 1 rings (SSSR count). The predicted octanol–water partition coefficient (Wildman–Crippen LogP) is 2.25. The Bertz CT molecular complexity index is 337. The van der Waals surface area contributed by atoms with Gasteiger partial charge in [0.25, 0.3) is 0 Å². The maximum absolute atomic E-state index is 8.96. The summed E-state index contributed by atoms with van der Waals surface area (Å²) in [5.74, 6) is 1.34. The Balaban J connectivity index is 3.06. The number of rotatable bonds is 5. The van der Waals surface area contributed by atoms with Crippen molar-refractivity contribution in [1.82, 2.24) is 0 Å². The van der Waals surface area contributed by atoms with Crippen LogP contribution < -0.4 is 9.64 Å². The monoisotopic (exact) mass is 223 g/mol. The highest BCUT2D eigenvalue weighted by Gasteiger charge is 2.10. The van der Waals surface area contributed by atoms with Gasteiger partial charge in [-0.05, 0) is 23.6 Å². The Labute approximate surface area is 97.7 Å². The van der Waals surface area contributed by atoms with Crippen molar-refractivity contribution in [3.8, 4) is 5.75 Å². The van der Waals surface area contributed by atoms with E-state index in [0.29, 0.717) is 12.5 Å². The minimum atomic E-state index is 0.144. The highest BCUT2D eigenvalue weighted by molar-refractivity contribution is 5.60. The first kappa shape index (κ1) is 12.8. The molecule has 0 heterocycles. The molecule has 3 nitrogen and oxygen atoms in total. The molecule has 0 aliphatic carbocycles. The first-order valence-corrected chi connectivity index (χ1v) is 5.60. The Morgan fingerprint density at radius 1 is 1.38 bits per heavy atom. The van der Waals surface area contributed by atoms with E-state index in [2.05, 4.69) is 26.0 Å². The summed E-state index contributed by atoms with van der Waals surface area (Å²) in [6.45, 7) is 5.08. The minimum Gasteiger partial charge on any atom is -0.495 e. The number of nitrogens with zero attached hydrogens (tertiary/aromatic N) is 1. The Kier molecular flexibility index (Phi) is 4.62. The van der Waals surface area contributed by atoms with Crippen LogP contribution in [0.3, 0.4) is 0 Å². The molecule has 1 aromatic carbocycles. The minimum absolute atomic E-state index is 0.144. The van der Waals surface area contributed by atoms with Gasteiger partial charge in [0.2, 0.25) is 0 Å². The molecule has 0 radical (unpaired) electrons. The second-order valence-corrected chi connectivity index (χ2v) is 4.23. The van der Waals surface area contributed by atoms with Gasteiger partial charge in [0.05, 0.1) is 19.4 Å². The van der Waals surface area contributed by atoms with Crippen molar-refractivity contribution in [3.63, 3.8) is 0 Å². The summed E-state index contributed by atoms with van der Waals surface area (Å²) in [6.07, 6.45) is 0. The van der Waals surface area contributed by atoms with Crippen LogP contribution >= 0.6 is 0 Å². The van der Waals surface area contributed by atoms with E-state index in [9.17, 15) is 0 Å². The number of ether oxygens (including phenoxy) is 1. The maximum atomic E-state index is 8.96. The van der Waals surface area contributed by atoms with E-state index in [1.54, 1.807) is 7.11 Å². The van der Waals surface area contributed by atoms with Gasteiger partial charge in [-0.25, -0.2) is 0 Å². The second kappa shape index (κ2) is 5.75. The van der Waals surface area contributed by atoms with Gasteiger partial charge in [0.1, 0.15) is 5.75 Å². The summed E-state index contributed by atoms with van der Waals surface area (Å²) in [4.78, 5) is 2.00. The van der Waals surface area contributed by atoms with Crippen molar-refractivity contribution in [3.05, 3.63) is 23.8 Å². The molecule has 1 N–H and O–H groups in total. The Morgan fingerprint density at radius 2 is 2.06 bits per heavy atom. The zero-order valence-corrected chi connectivity index (χ0v) is 10.5. The van der Waals surface area contributed by atoms with Gasteiger partial charge in [0.15, 0.2) is 0 Å². The first-order valence-electron chi connectivity index (χ1n) is 5.60. The van der Waals surface area contributed by atoms with Gasteiger partial charge in [-0.1, -0.05) is 19.9 Å². The number of hydrogen-bond acceptors (Lipinski definition) is 3. The molecule has 90 valence electrons. The lowest BCUT2D eigenvalue weighted by molar-refractivity contribution is 0.303. The standard InChI is InChI=1S/C13H21NO2/c1-10(2)11-5-6-13(16-4)12(9-11)14(3)7-8-15/h5-6,9-10,15H,7-8H2,1-4H3. The van der Waals surface area contributed by atoms with Crippen LogP contribution in [0.15, 0.2) is 18.2 Å². The molecule has 0 unspecified atom stereocenters. The molecule has 0 aliphatic heterocycles. The van der Waals surface area contributed by atoms with E-state index in [-0.39, 0.29) is 6.61 Å². The van der Waals surface area contributed by atoms with Crippen molar-refractivity contribution >= 4 is 5.69 Å². The van der Waals surface area contributed by atoms with Crippen LogP contribution in [0, 0.1) is 0 Å². The van der Waals surface area contributed by atoms with Gasteiger partial charge < -0.3 is 14.7 Å². The van der Waals surface area contributed by atoms with Gasteiger partial charge in [-0.2, -0.15) is 0 Å². The molecule has 0 spiro atoms. The molecule has 16 heavy (non-hydrogen) atoms. The molecule has 0 saturated heterocycles. The quantitative estimate of drug-likeness (QED) is 0.831. The van der Waals surface area contributed by atoms with E-state index in [0.717, 1.165) is 11.4 Å². The molecule has 0 aromatic heterocycles. The highest BCUT2D eigenvalue weighted by atomic mass is 16.5. The molecule has 0 fully saturated rings. The van der Waals surface area contributed by atoms with Crippen LogP contribution in [0.25, 0.3) is 0 Å². The molecule has 0 amide bonds. The molecule has 0 bridgehead atoms. The molecule has 0 aliphatic rings. The van der Waals surface area contributed by atoms with Crippen LogP contribution in [-0.2, 0) is 0 Å². The van der Waals surface area contributed by atoms with Gasteiger partial charge >= 0.3 is 0 Å². The summed E-state index contributed by atoms with van der Waals surface area (Å²) in [5, 5.41) is 8.96. The van der Waals surface area contributed by atoms with Gasteiger partial charge in [-0.15, -0.1) is 0 Å². The summed E-state index contributed by atoms with van der Waals surface area (Å²) in [5.41, 5.74) is 2.31. The average molecular weight is 223 g/mol. The number of methoxy groups -OCH3 is 1. The van der Waals surface area contributed by atoms with Crippen LogP contribution in [0.5, 0.6) is 5.75 Å². The van der Waals surface area contributed by atoms with E-state index < -0.39 is 0 Å². The zero-order valence-electron chi connectivity index (χ0n) is 10.5. The average Bonchev–Trinajstić information content (AvgIpc) is 2.28. The van der Waals surface area contributed by atoms with E-state index >= 15 is 0 Å². The lowest BCUT2D eigenvalue weighted by atomic mass is 10.0. The summed E-state index contributed by atoms with van der Waals surface area (Å²) < 4.78 is 5.32. The van der Waals surface area contributed by atoms with E-state index in [4.69, 9.17) is 9.84 Å². The number of aliphatic hydroxyl groups is 1. The number of hydrogen-bond donors (Lipinski definition) is 1. The highest BCUT2D eigenvalue weighted by Crippen LogP contribution is 2.30. The second-order valence-electron chi connectivity index (χ2n) is 4.23. The normalized spacial score (nSPS) is 10.6. The van der Waals surface area contributed by atoms with E-state index in [1.807, 2.05) is 18.0 Å². The largest absolute Gasteiger partial charge is 0.495 e. The van der Waals surface area contributed by atoms with Crippen molar-refractivity contribution < 1.29 is 9.84 Å². The Hall–Kier alpha value is -1.22. The molecule has 1 aromatic rings. The zero-order chi connectivity index (χ0) is 12.1. The molecular weight excluding hydrogens is 202 g/mol. The van der Waals surface area contributed by atoms with Crippen molar-refractivity contribution in [2.24, 2.45) is 0 Å². The predicted molar refractivity (Wildman–Crippen MR) is 67.4 cm³/mol. The van der Waals surface area contributed by atoms with Crippen LogP contribution in [0.4, 0.5) is 5.69 Å². The number of likely N-dealkylation sites (N-methyl/N-ethyl adjacent to an activating group) is 1. The Morgan fingerprint density at radius 3 is 2.56 bits per heavy atom. The number of anilines is 1. The van der Waals surface area contributed by atoms with Crippen molar-refractivity contribution in [2.45, 2.75) is 19.8 Å². The van der Waals surface area contributed by atoms with Crippen LogP contribution in [0.1, 0.15) is 25.3 Å². The lowest BCUT2D eigenvalue weighted by Gasteiger charge is -2.22. The third-order valence-electron chi connectivity index (χ3n) is 2.72. The van der Waals surface area contributed by atoms with Crippen molar-refractivity contribution in [1.29, 1.82) is 0 Å². The fourth-order valence-electron chi connectivity index (χ4n) is 1.63. The SMILES string of the molecule is COc1ccc(C(C)C)cc1N(C)CCO. The number of benzene rings is 1. The number of aliphatic hydroxyl groups excluding tert-OH is 1. The maximum Gasteiger partial charge on any atom is 0.142 e. The molecule has 0 saturated carbocycles. The topological polar surface area (TPSA) is 32.7 Å². The molecule has 0 atom stereocenters. The van der Waals surface area contributed by atoms with Gasteiger partial charge in [0, 0.05) is 13.6 Å². The summed E-state index contributed by atoms with van der Waals surface area (Å²) in [6, 6.07) is 6.19. The van der Waals surface area contributed by atoms with Crippen LogP contribution in [0.2, 0.25) is 0 Å². The van der Waals surface area contributed by atoms with Gasteiger partial charge in [-0.3, -0.25) is 0 Å². The fourth-order valence-corrected chi connectivity index (χ4v) is 1.63. The summed E-state index contributed by atoms with van der Waals surface area (Å²) in [7, 11) is 3.62. The smallest absolute Gasteiger partial charge is 0.142 e. The van der Waals surface area contributed by atoms with E-state index in [1.165, 1.54) is 5.56 Å². The lowest BCUT2D eigenvalue weighted by Crippen LogP contribution is -2.21. The third-order valence-corrected chi connectivity index (χ3v) is 2.72. The third kappa shape index (κ3) is 2.89. The molecular formula is C13H21NO2. The summed E-state index contributed by atoms with van der Waals surface area (Å²) >= 11 is 0. The fraction of sp³-hybridized carbons (Fsp3) is 0.538. The van der Waals surface area contributed by atoms with Crippen molar-refractivity contribution in [2.75, 3.05) is 32.2 Å². The molecule has 3 heteroatoms.